The average Bonchev–Trinajstić information content (AvgIpc) is 2.78. The van der Waals surface area contributed by atoms with E-state index in [2.05, 4.69) is 22.8 Å². The molecule has 0 radical (unpaired) electrons. The fourth-order valence-corrected chi connectivity index (χ4v) is 5.14. The molecule has 3 N–H and O–H groups in total. The number of ether oxygens (including phenoxy) is 1. The Hall–Kier alpha value is -2.42. The summed E-state index contributed by atoms with van der Waals surface area (Å²) < 4.78 is 19.2. The van der Waals surface area contributed by atoms with Crippen molar-refractivity contribution in [3.63, 3.8) is 0 Å². The number of carboxylic acid groups (broad SMARTS) is 1. The molecule has 1 aliphatic heterocycles. The van der Waals surface area contributed by atoms with Gasteiger partial charge in [-0.25, -0.2) is 14.2 Å². The van der Waals surface area contributed by atoms with Crippen LogP contribution >= 0.6 is 23.2 Å². The molecule has 188 valence electrons. The number of amides is 1. The summed E-state index contributed by atoms with van der Waals surface area (Å²) in [6, 6.07) is 5.01. The van der Waals surface area contributed by atoms with Gasteiger partial charge < -0.3 is 20.5 Å². The van der Waals surface area contributed by atoms with Crippen LogP contribution in [0.2, 0.25) is 10.0 Å². The summed E-state index contributed by atoms with van der Waals surface area (Å²) in [5.41, 5.74) is 2.23. The van der Waals surface area contributed by atoms with E-state index in [0.29, 0.717) is 5.92 Å². The van der Waals surface area contributed by atoms with E-state index in [-0.39, 0.29) is 34.7 Å². The molecular weight excluding hydrogens is 496 g/mol. The second-order valence-electron chi connectivity index (χ2n) is 9.11. The summed E-state index contributed by atoms with van der Waals surface area (Å²) in [5.74, 6) is -1.08. The van der Waals surface area contributed by atoms with Gasteiger partial charge in [0.05, 0.1) is 21.7 Å². The van der Waals surface area contributed by atoms with Crippen LogP contribution in [0.4, 0.5) is 10.2 Å². The lowest BCUT2D eigenvalue weighted by Gasteiger charge is -2.35. The van der Waals surface area contributed by atoms with E-state index in [1.54, 1.807) is 0 Å². The van der Waals surface area contributed by atoms with Crippen LogP contribution in [-0.4, -0.2) is 47.3 Å². The van der Waals surface area contributed by atoms with E-state index < -0.39 is 23.7 Å². The van der Waals surface area contributed by atoms with Crippen LogP contribution in [0.25, 0.3) is 0 Å². The highest BCUT2D eigenvalue weighted by atomic mass is 35.5. The first-order chi connectivity index (χ1) is 16.8. The van der Waals surface area contributed by atoms with E-state index in [1.807, 2.05) is 0 Å². The Bertz CT molecular complexity index is 1070. The number of halogens is 3. The molecule has 7 nitrogen and oxygen atoms in total. The van der Waals surface area contributed by atoms with Crippen LogP contribution in [0, 0.1) is 11.7 Å². The highest BCUT2D eigenvalue weighted by molar-refractivity contribution is 6.39. The number of nitrogens with zero attached hydrogens (tertiary/aromatic N) is 1. The molecule has 1 aliphatic carbocycles. The summed E-state index contributed by atoms with van der Waals surface area (Å²) in [4.78, 5) is 28.8. The normalized spacial score (nSPS) is 19.7. The van der Waals surface area contributed by atoms with E-state index in [4.69, 9.17) is 32.9 Å². The van der Waals surface area contributed by atoms with Crippen LogP contribution in [0.15, 0.2) is 24.3 Å². The number of carboxylic acids is 1. The van der Waals surface area contributed by atoms with Gasteiger partial charge >= 0.3 is 5.97 Å². The van der Waals surface area contributed by atoms with Gasteiger partial charge in [-0.15, -0.1) is 0 Å². The second-order valence-corrected chi connectivity index (χ2v) is 9.92. The zero-order valence-corrected chi connectivity index (χ0v) is 20.7. The SMILES string of the molecule is O=C(NC(CCOC1CC(CCc2ccc3c(n2)NCCC3)C1)C(=O)O)c1c(Cl)cc(F)cc1Cl. The van der Waals surface area contributed by atoms with Crippen LogP contribution in [0.3, 0.4) is 0 Å². The van der Waals surface area contributed by atoms with Gasteiger partial charge in [-0.05, 0) is 68.2 Å². The summed E-state index contributed by atoms with van der Waals surface area (Å²) in [6.45, 7) is 1.17. The van der Waals surface area contributed by atoms with Crippen molar-refractivity contribution in [1.29, 1.82) is 0 Å². The standard InChI is InChI=1S/C25H28Cl2FN3O4/c26-19-12-16(28)13-20(27)22(19)24(32)31-21(25(33)34)7-9-35-18-10-14(11-18)3-5-17-6-4-15-2-1-8-29-23(15)30-17/h4,6,12-14,18,21H,1-3,5,7-11H2,(H,29,30)(H,31,32)(H,33,34). The molecule has 0 spiro atoms. The first-order valence-corrected chi connectivity index (χ1v) is 12.6. The molecule has 4 rings (SSSR count). The minimum Gasteiger partial charge on any atom is -0.480 e. The first kappa shape index (κ1) is 25.7. The Labute approximate surface area is 213 Å². The van der Waals surface area contributed by atoms with Gasteiger partial charge in [-0.3, -0.25) is 4.79 Å². The number of rotatable bonds is 10. The lowest BCUT2D eigenvalue weighted by Crippen LogP contribution is -2.42. The van der Waals surface area contributed by atoms with Crippen molar-refractivity contribution in [1.82, 2.24) is 10.3 Å². The zero-order valence-electron chi connectivity index (χ0n) is 19.2. The quantitative estimate of drug-likeness (QED) is 0.410. The third-order valence-electron chi connectivity index (χ3n) is 6.55. The fourth-order valence-electron chi connectivity index (χ4n) is 4.51. The van der Waals surface area contributed by atoms with Crippen molar-refractivity contribution in [3.8, 4) is 0 Å². The summed E-state index contributed by atoms with van der Waals surface area (Å²) in [7, 11) is 0. The molecule has 1 amide bonds. The lowest BCUT2D eigenvalue weighted by molar-refractivity contribution is -0.140. The Morgan fingerprint density at radius 1 is 1.26 bits per heavy atom. The second kappa shape index (κ2) is 11.5. The van der Waals surface area contributed by atoms with Gasteiger partial charge in [-0.2, -0.15) is 0 Å². The molecule has 1 aromatic carbocycles. The summed E-state index contributed by atoms with van der Waals surface area (Å²) in [5, 5.41) is 14.9. The van der Waals surface area contributed by atoms with Crippen molar-refractivity contribution >= 4 is 40.9 Å². The molecule has 35 heavy (non-hydrogen) atoms. The molecule has 1 fully saturated rings. The maximum absolute atomic E-state index is 13.4. The molecule has 1 unspecified atom stereocenters. The minimum absolute atomic E-state index is 0.0873. The topological polar surface area (TPSA) is 101 Å². The number of anilines is 1. The molecule has 10 heteroatoms. The first-order valence-electron chi connectivity index (χ1n) is 11.8. The molecule has 0 bridgehead atoms. The Morgan fingerprint density at radius 3 is 2.71 bits per heavy atom. The molecular formula is C25H28Cl2FN3O4. The van der Waals surface area contributed by atoms with Crippen LogP contribution in [0.1, 0.15) is 53.7 Å². The largest absolute Gasteiger partial charge is 0.480 e. The molecule has 2 aromatic rings. The number of aryl methyl sites for hydroxylation is 2. The van der Waals surface area contributed by atoms with Crippen molar-refractivity contribution in [2.45, 2.75) is 57.1 Å². The molecule has 1 saturated carbocycles. The van der Waals surface area contributed by atoms with Crippen molar-refractivity contribution in [2.24, 2.45) is 5.92 Å². The number of hydrogen-bond donors (Lipinski definition) is 3. The van der Waals surface area contributed by atoms with Crippen molar-refractivity contribution in [2.75, 3.05) is 18.5 Å². The average molecular weight is 524 g/mol. The molecule has 2 aliphatic rings. The van der Waals surface area contributed by atoms with Gasteiger partial charge in [0.25, 0.3) is 5.91 Å². The number of benzene rings is 1. The molecule has 1 aromatic heterocycles. The van der Waals surface area contributed by atoms with E-state index in [0.717, 1.165) is 68.7 Å². The molecule has 2 heterocycles. The molecule has 1 atom stereocenters. The van der Waals surface area contributed by atoms with E-state index >= 15 is 0 Å². The van der Waals surface area contributed by atoms with E-state index in [1.165, 1.54) is 5.56 Å². The van der Waals surface area contributed by atoms with Gasteiger partial charge in [0.2, 0.25) is 0 Å². The lowest BCUT2D eigenvalue weighted by atomic mass is 9.79. The Kier molecular flexibility index (Phi) is 8.46. The van der Waals surface area contributed by atoms with Gasteiger partial charge in [0.1, 0.15) is 17.7 Å². The number of carbonyl (C=O) groups is 2. The van der Waals surface area contributed by atoms with Crippen LogP contribution in [0.5, 0.6) is 0 Å². The zero-order chi connectivity index (χ0) is 24.9. The highest BCUT2D eigenvalue weighted by Gasteiger charge is 2.30. The Balaban J connectivity index is 1.18. The Morgan fingerprint density at radius 2 is 2.00 bits per heavy atom. The summed E-state index contributed by atoms with van der Waals surface area (Å²) in [6.07, 6.45) is 6.22. The van der Waals surface area contributed by atoms with Crippen molar-refractivity contribution in [3.05, 3.63) is 56.9 Å². The third kappa shape index (κ3) is 6.63. The predicted octanol–water partition coefficient (Wildman–Crippen LogP) is 4.89. The fraction of sp³-hybridized carbons (Fsp3) is 0.480. The van der Waals surface area contributed by atoms with Gasteiger partial charge in [0.15, 0.2) is 0 Å². The molecule has 0 saturated heterocycles. The number of carbonyl (C=O) groups excluding carboxylic acids is 1. The number of pyridine rings is 1. The number of aromatic nitrogens is 1. The van der Waals surface area contributed by atoms with Crippen LogP contribution < -0.4 is 10.6 Å². The highest BCUT2D eigenvalue weighted by Crippen LogP contribution is 2.34. The summed E-state index contributed by atoms with van der Waals surface area (Å²) >= 11 is 11.8. The number of aliphatic carboxylic acids is 1. The minimum atomic E-state index is -1.20. The third-order valence-corrected chi connectivity index (χ3v) is 7.15. The predicted molar refractivity (Wildman–Crippen MR) is 132 cm³/mol. The monoisotopic (exact) mass is 523 g/mol. The number of fused-ring (bicyclic) bond motifs is 1. The smallest absolute Gasteiger partial charge is 0.326 e. The van der Waals surface area contributed by atoms with Gasteiger partial charge in [-0.1, -0.05) is 29.3 Å². The van der Waals surface area contributed by atoms with Gasteiger partial charge in [0, 0.05) is 25.3 Å². The maximum atomic E-state index is 13.4. The number of hydrogen-bond acceptors (Lipinski definition) is 5. The number of nitrogens with one attached hydrogen (secondary N) is 2. The van der Waals surface area contributed by atoms with Crippen LogP contribution in [-0.2, 0) is 22.4 Å². The van der Waals surface area contributed by atoms with E-state index in [9.17, 15) is 19.1 Å². The maximum Gasteiger partial charge on any atom is 0.326 e. The van der Waals surface area contributed by atoms with Crippen molar-refractivity contribution < 1.29 is 23.8 Å².